The molecule has 2 aromatic heterocycles. The lowest BCUT2D eigenvalue weighted by Gasteiger charge is -2.19. The van der Waals surface area contributed by atoms with Crippen LogP contribution in [-0.4, -0.2) is 17.6 Å². The molecular formula is C27H26N2Si. The smallest absolute Gasteiger partial charge is 0.0799 e. The number of hydrogen-bond acceptors (Lipinski definition) is 1. The second-order valence-corrected chi connectivity index (χ2v) is 14.1. The summed E-state index contributed by atoms with van der Waals surface area (Å²) in [6.45, 7) is 9.35. The van der Waals surface area contributed by atoms with E-state index in [0.717, 1.165) is 11.3 Å². The molecule has 0 saturated heterocycles. The van der Waals surface area contributed by atoms with Gasteiger partial charge in [-0.15, -0.1) is 0 Å². The van der Waals surface area contributed by atoms with Crippen LogP contribution in [0, 0.1) is 6.92 Å². The Kier molecular flexibility index (Phi) is 4.37. The molecule has 0 aliphatic heterocycles. The van der Waals surface area contributed by atoms with Crippen molar-refractivity contribution in [3.05, 3.63) is 90.6 Å². The van der Waals surface area contributed by atoms with Gasteiger partial charge in [0.15, 0.2) is 0 Å². The Morgan fingerprint density at radius 2 is 1.43 bits per heavy atom. The third kappa shape index (κ3) is 3.06. The van der Waals surface area contributed by atoms with Gasteiger partial charge in [0.25, 0.3) is 0 Å². The van der Waals surface area contributed by atoms with Crippen LogP contribution < -0.4 is 5.19 Å². The van der Waals surface area contributed by atoms with Gasteiger partial charge in [0.05, 0.1) is 24.8 Å². The van der Waals surface area contributed by atoms with E-state index in [1.165, 1.54) is 38.2 Å². The monoisotopic (exact) mass is 406 g/mol. The highest BCUT2D eigenvalue weighted by Crippen LogP contribution is 2.34. The Labute approximate surface area is 178 Å². The maximum Gasteiger partial charge on any atom is 0.0799 e. The molecule has 5 rings (SSSR count). The van der Waals surface area contributed by atoms with Gasteiger partial charge in [0.2, 0.25) is 0 Å². The van der Waals surface area contributed by atoms with E-state index in [2.05, 4.69) is 116 Å². The highest BCUT2D eigenvalue weighted by Gasteiger charge is 2.20. The molecule has 0 saturated carbocycles. The lowest BCUT2D eigenvalue weighted by molar-refractivity contribution is 1.18. The molecule has 0 aliphatic rings. The second kappa shape index (κ2) is 6.96. The van der Waals surface area contributed by atoms with E-state index in [1.807, 2.05) is 0 Å². The van der Waals surface area contributed by atoms with Crippen LogP contribution in [-0.2, 0) is 0 Å². The van der Waals surface area contributed by atoms with Crippen molar-refractivity contribution in [2.75, 3.05) is 0 Å². The number of benzene rings is 3. The lowest BCUT2D eigenvalue weighted by Crippen LogP contribution is -2.39. The minimum absolute atomic E-state index is 1.04. The Morgan fingerprint density at radius 1 is 0.733 bits per heavy atom. The fraction of sp³-hybridized carbons (Fsp3) is 0.148. The van der Waals surface area contributed by atoms with Crippen LogP contribution in [0.15, 0.2) is 85.1 Å². The maximum atomic E-state index is 4.86. The molecule has 0 spiro atoms. The summed E-state index contributed by atoms with van der Waals surface area (Å²) in [7, 11) is -1.39. The van der Waals surface area contributed by atoms with Crippen molar-refractivity contribution in [2.45, 2.75) is 26.6 Å². The van der Waals surface area contributed by atoms with Gasteiger partial charge >= 0.3 is 0 Å². The zero-order valence-electron chi connectivity index (χ0n) is 18.0. The molecule has 0 amide bonds. The molecule has 3 heteroatoms. The highest BCUT2D eigenvalue weighted by molar-refractivity contribution is 6.89. The minimum Gasteiger partial charge on any atom is -0.309 e. The van der Waals surface area contributed by atoms with Gasteiger partial charge in [0.1, 0.15) is 0 Å². The molecule has 3 aromatic carbocycles. The summed E-state index contributed by atoms with van der Waals surface area (Å²) in [5, 5.41) is 3.99. The summed E-state index contributed by atoms with van der Waals surface area (Å²) in [5.41, 5.74) is 7.18. The summed E-state index contributed by atoms with van der Waals surface area (Å²) >= 11 is 0. The molecular weight excluding hydrogens is 380 g/mol. The van der Waals surface area contributed by atoms with Crippen LogP contribution in [0.3, 0.4) is 0 Å². The van der Waals surface area contributed by atoms with Crippen LogP contribution in [0.1, 0.15) is 5.56 Å². The number of para-hydroxylation sites is 2. The third-order valence-electron chi connectivity index (χ3n) is 5.90. The van der Waals surface area contributed by atoms with E-state index in [4.69, 9.17) is 4.98 Å². The number of pyridine rings is 1. The summed E-state index contributed by atoms with van der Waals surface area (Å²) in [6.07, 6.45) is 2.10. The van der Waals surface area contributed by atoms with E-state index in [1.54, 1.807) is 0 Å². The average molecular weight is 407 g/mol. The third-order valence-corrected chi connectivity index (χ3v) is 8.04. The average Bonchev–Trinajstić information content (AvgIpc) is 3.07. The molecule has 0 fully saturated rings. The van der Waals surface area contributed by atoms with Gasteiger partial charge in [-0.25, -0.2) is 0 Å². The van der Waals surface area contributed by atoms with Gasteiger partial charge in [0, 0.05) is 28.2 Å². The first-order valence-electron chi connectivity index (χ1n) is 10.5. The van der Waals surface area contributed by atoms with Crippen LogP contribution in [0.2, 0.25) is 19.6 Å². The Hall–Kier alpha value is -3.17. The van der Waals surface area contributed by atoms with Crippen LogP contribution in [0.4, 0.5) is 0 Å². The minimum atomic E-state index is -1.39. The van der Waals surface area contributed by atoms with Crippen molar-refractivity contribution < 1.29 is 0 Å². The number of aromatic nitrogens is 2. The fourth-order valence-electron chi connectivity index (χ4n) is 4.48. The topological polar surface area (TPSA) is 17.8 Å². The predicted molar refractivity (Wildman–Crippen MR) is 132 cm³/mol. The van der Waals surface area contributed by atoms with Crippen molar-refractivity contribution >= 4 is 35.1 Å². The van der Waals surface area contributed by atoms with E-state index < -0.39 is 8.07 Å². The van der Waals surface area contributed by atoms with E-state index in [9.17, 15) is 0 Å². The molecule has 0 unspecified atom stereocenters. The van der Waals surface area contributed by atoms with Crippen LogP contribution in [0.5, 0.6) is 0 Å². The predicted octanol–water partition coefficient (Wildman–Crippen LogP) is 6.70. The van der Waals surface area contributed by atoms with Crippen LogP contribution in [0.25, 0.3) is 38.8 Å². The van der Waals surface area contributed by atoms with Crippen molar-refractivity contribution in [3.63, 3.8) is 0 Å². The zero-order chi connectivity index (χ0) is 20.9. The van der Waals surface area contributed by atoms with E-state index >= 15 is 0 Å². The van der Waals surface area contributed by atoms with Gasteiger partial charge in [-0.2, -0.15) is 0 Å². The number of rotatable bonds is 3. The first-order chi connectivity index (χ1) is 14.4. The first kappa shape index (κ1) is 18.8. The lowest BCUT2D eigenvalue weighted by atomic mass is 10.1. The number of fused-ring (bicyclic) bond motifs is 3. The molecule has 0 aliphatic carbocycles. The fourth-order valence-corrected chi connectivity index (χ4v) is 6.19. The molecule has 2 heterocycles. The van der Waals surface area contributed by atoms with E-state index in [-0.39, 0.29) is 0 Å². The molecule has 0 atom stereocenters. The summed E-state index contributed by atoms with van der Waals surface area (Å²) in [5.74, 6) is 0. The first-order valence-corrected chi connectivity index (χ1v) is 14.0. The van der Waals surface area contributed by atoms with Gasteiger partial charge in [-0.3, -0.25) is 4.98 Å². The van der Waals surface area contributed by atoms with Crippen molar-refractivity contribution in [1.29, 1.82) is 0 Å². The van der Waals surface area contributed by atoms with Crippen molar-refractivity contribution in [2.24, 2.45) is 0 Å². The molecule has 30 heavy (non-hydrogen) atoms. The molecule has 5 aromatic rings. The number of nitrogens with zero attached hydrogens (tertiary/aromatic N) is 2. The van der Waals surface area contributed by atoms with Crippen LogP contribution >= 0.6 is 0 Å². The Balaban J connectivity index is 1.75. The largest absolute Gasteiger partial charge is 0.309 e. The summed E-state index contributed by atoms with van der Waals surface area (Å²) < 4.78 is 2.36. The molecule has 2 nitrogen and oxygen atoms in total. The molecule has 148 valence electrons. The zero-order valence-corrected chi connectivity index (χ0v) is 19.0. The molecule has 0 N–H and O–H groups in total. The van der Waals surface area contributed by atoms with Crippen molar-refractivity contribution in [3.8, 4) is 16.9 Å². The highest BCUT2D eigenvalue weighted by atomic mass is 28.3. The van der Waals surface area contributed by atoms with Gasteiger partial charge < -0.3 is 4.57 Å². The maximum absolute atomic E-state index is 4.86. The van der Waals surface area contributed by atoms with Crippen molar-refractivity contribution in [1.82, 2.24) is 9.55 Å². The Bertz CT molecular complexity index is 1380. The molecule has 0 bridgehead atoms. The molecule has 0 radical (unpaired) electrons. The second-order valence-electron chi connectivity index (χ2n) is 9.05. The summed E-state index contributed by atoms with van der Waals surface area (Å²) in [4.78, 5) is 4.86. The van der Waals surface area contributed by atoms with Gasteiger partial charge in [-0.05, 0) is 48.0 Å². The quantitative estimate of drug-likeness (QED) is 0.305. The number of aryl methyl sites for hydroxylation is 1. The van der Waals surface area contributed by atoms with E-state index in [0.29, 0.717) is 0 Å². The SMILES string of the molecule is Cc1cc(-c2ccc3c4ccccc4n(-c4ccccc4)c3c2)ncc1[Si](C)(C)C. The Morgan fingerprint density at radius 3 is 2.17 bits per heavy atom. The summed E-state index contributed by atoms with van der Waals surface area (Å²) in [6, 6.07) is 28.2. The number of hydrogen-bond donors (Lipinski definition) is 0. The standard InChI is InChI=1S/C27H26N2Si/c1-19-16-24(28-18-27(19)30(2,3)4)20-14-15-23-22-12-8-9-13-25(22)29(26(23)17-20)21-10-6-5-7-11-21/h5-18H,1-4H3. The normalized spacial score (nSPS) is 12.0. The van der Waals surface area contributed by atoms with Gasteiger partial charge in [-0.1, -0.05) is 68.2 Å².